The van der Waals surface area contributed by atoms with Gasteiger partial charge in [0.25, 0.3) is 0 Å². The van der Waals surface area contributed by atoms with Gasteiger partial charge in [0, 0.05) is 19.3 Å². The van der Waals surface area contributed by atoms with E-state index >= 15 is 0 Å². The Balaban J connectivity index is 4.12. The molecule has 0 aromatic carbocycles. The van der Waals surface area contributed by atoms with Crippen molar-refractivity contribution in [1.29, 1.82) is 0 Å². The van der Waals surface area contributed by atoms with Crippen LogP contribution in [0.4, 0.5) is 0 Å². The van der Waals surface area contributed by atoms with Gasteiger partial charge in [-0.25, -0.2) is 0 Å². The zero-order valence-electron chi connectivity index (χ0n) is 46.5. The van der Waals surface area contributed by atoms with E-state index in [1.54, 1.807) is 0 Å². The average Bonchev–Trinajstić information content (AvgIpc) is 3.37. The Morgan fingerprint density at radius 3 is 0.859 bits per heavy atom. The zero-order valence-corrected chi connectivity index (χ0v) is 46.5. The molecule has 0 aliphatic heterocycles. The molecule has 0 rings (SSSR count). The molecule has 0 saturated heterocycles. The van der Waals surface area contributed by atoms with E-state index in [4.69, 9.17) is 14.2 Å². The van der Waals surface area contributed by atoms with Gasteiger partial charge in [0.05, 0.1) is 0 Å². The van der Waals surface area contributed by atoms with Gasteiger partial charge in [-0.15, -0.1) is 0 Å². The van der Waals surface area contributed by atoms with Gasteiger partial charge in [0.2, 0.25) is 0 Å². The molecule has 0 heterocycles. The first-order valence-electron chi connectivity index (χ1n) is 29.7. The van der Waals surface area contributed by atoms with Crippen LogP contribution in [-0.2, 0) is 28.6 Å². The van der Waals surface area contributed by atoms with Gasteiger partial charge in [0.1, 0.15) is 13.2 Å². The van der Waals surface area contributed by atoms with Crippen LogP contribution in [0.5, 0.6) is 0 Å². The second-order valence-electron chi connectivity index (χ2n) is 19.5. The maximum atomic E-state index is 12.8. The molecule has 0 fully saturated rings. The summed E-state index contributed by atoms with van der Waals surface area (Å²) in [6, 6.07) is 0. The van der Waals surface area contributed by atoms with Gasteiger partial charge in [0.15, 0.2) is 6.10 Å². The summed E-state index contributed by atoms with van der Waals surface area (Å²) < 4.78 is 16.8. The molecule has 0 saturated carbocycles. The minimum Gasteiger partial charge on any atom is -0.462 e. The smallest absolute Gasteiger partial charge is 0.306 e. The van der Waals surface area contributed by atoms with Crippen LogP contribution in [0.2, 0.25) is 0 Å². The molecule has 1 unspecified atom stereocenters. The molecule has 0 aliphatic carbocycles. The fourth-order valence-corrected chi connectivity index (χ4v) is 8.19. The predicted molar refractivity (Wildman–Crippen MR) is 307 cm³/mol. The summed E-state index contributed by atoms with van der Waals surface area (Å²) in [4.78, 5) is 38.0. The van der Waals surface area contributed by atoms with E-state index < -0.39 is 6.10 Å². The highest BCUT2D eigenvalue weighted by Gasteiger charge is 2.19. The van der Waals surface area contributed by atoms with Crippen molar-refractivity contribution >= 4 is 17.9 Å². The van der Waals surface area contributed by atoms with Crippen molar-refractivity contribution in [2.24, 2.45) is 0 Å². The minimum absolute atomic E-state index is 0.0854. The van der Waals surface area contributed by atoms with Crippen LogP contribution in [0, 0.1) is 0 Å². The number of ether oxygens (including phenoxy) is 3. The molecule has 0 aromatic rings. The first kappa shape index (κ1) is 67.3. The number of carbonyl (C=O) groups excluding carboxylic acids is 3. The summed E-state index contributed by atoms with van der Waals surface area (Å²) in [7, 11) is 0. The van der Waals surface area contributed by atoms with Crippen LogP contribution < -0.4 is 0 Å². The van der Waals surface area contributed by atoms with Crippen molar-refractivity contribution in [2.75, 3.05) is 13.2 Å². The Kier molecular flexibility index (Phi) is 55.9. The molecule has 406 valence electrons. The van der Waals surface area contributed by atoms with Crippen LogP contribution in [0.15, 0.2) is 97.2 Å². The lowest BCUT2D eigenvalue weighted by Gasteiger charge is -2.18. The third-order valence-corrected chi connectivity index (χ3v) is 12.6. The molecule has 71 heavy (non-hydrogen) atoms. The minimum atomic E-state index is -0.787. The van der Waals surface area contributed by atoms with Crippen LogP contribution in [0.25, 0.3) is 0 Å². The van der Waals surface area contributed by atoms with Gasteiger partial charge >= 0.3 is 17.9 Å². The zero-order chi connectivity index (χ0) is 51.4. The third kappa shape index (κ3) is 57.1. The van der Waals surface area contributed by atoms with Gasteiger partial charge in [-0.3, -0.25) is 14.4 Å². The predicted octanol–water partition coefficient (Wildman–Crippen LogP) is 20.1. The standard InChI is InChI=1S/C65H110O6/c1-4-7-10-13-16-18-20-22-24-26-27-28-29-30-31-32-33-34-35-36-37-39-40-42-44-46-49-52-55-58-64(67)70-61-62(60-69-63(66)57-54-51-48-15-12-9-6-3)71-65(68)59-56-53-50-47-45-43-41-38-25-23-21-19-17-14-11-8-5-2/h7-8,10-11,16-19,22-25,27-28,41,43,62H,4-6,9,12-15,20-21,26,29-40,42,44-61H2,1-3H3/b10-7-,11-8-,18-16-,19-17-,24-22-,25-23-,28-27-,43-41-. The molecule has 6 heteroatoms. The number of unbranched alkanes of at least 4 members (excludes halogenated alkanes) is 26. The van der Waals surface area contributed by atoms with Crippen molar-refractivity contribution in [1.82, 2.24) is 0 Å². The Morgan fingerprint density at radius 1 is 0.296 bits per heavy atom. The first-order valence-corrected chi connectivity index (χ1v) is 29.7. The summed E-state index contributed by atoms with van der Waals surface area (Å²) in [5, 5.41) is 0. The molecular weight excluding hydrogens is 877 g/mol. The molecule has 1 atom stereocenters. The molecule has 0 bridgehead atoms. The van der Waals surface area contributed by atoms with E-state index in [-0.39, 0.29) is 31.1 Å². The van der Waals surface area contributed by atoms with Crippen molar-refractivity contribution < 1.29 is 28.6 Å². The Bertz CT molecular complexity index is 1410. The number of allylic oxidation sites excluding steroid dienone is 16. The Hall–Kier alpha value is -3.67. The summed E-state index contributed by atoms with van der Waals surface area (Å²) >= 11 is 0. The van der Waals surface area contributed by atoms with Crippen LogP contribution in [0.3, 0.4) is 0 Å². The van der Waals surface area contributed by atoms with E-state index in [2.05, 4.69) is 118 Å². The molecule has 0 aliphatic rings. The molecule has 6 nitrogen and oxygen atoms in total. The van der Waals surface area contributed by atoms with Gasteiger partial charge in [-0.05, 0) is 96.3 Å². The van der Waals surface area contributed by atoms with E-state index in [1.165, 1.54) is 116 Å². The highest BCUT2D eigenvalue weighted by Crippen LogP contribution is 2.16. The third-order valence-electron chi connectivity index (χ3n) is 12.6. The lowest BCUT2D eigenvalue weighted by Crippen LogP contribution is -2.30. The van der Waals surface area contributed by atoms with E-state index in [1.807, 2.05) is 0 Å². The van der Waals surface area contributed by atoms with Gasteiger partial charge < -0.3 is 14.2 Å². The Labute approximate surface area is 438 Å². The van der Waals surface area contributed by atoms with E-state index in [9.17, 15) is 14.4 Å². The molecule has 0 radical (unpaired) electrons. The van der Waals surface area contributed by atoms with Crippen molar-refractivity contribution in [3.8, 4) is 0 Å². The van der Waals surface area contributed by atoms with Crippen molar-refractivity contribution in [3.63, 3.8) is 0 Å². The molecule has 0 spiro atoms. The number of esters is 3. The number of hydrogen-bond donors (Lipinski definition) is 0. The summed E-state index contributed by atoms with van der Waals surface area (Å²) in [5.74, 6) is -0.911. The normalized spacial score (nSPS) is 12.8. The van der Waals surface area contributed by atoms with Crippen LogP contribution >= 0.6 is 0 Å². The number of rotatable bonds is 53. The molecule has 0 aromatic heterocycles. The van der Waals surface area contributed by atoms with Crippen molar-refractivity contribution in [3.05, 3.63) is 97.2 Å². The average molecular weight is 988 g/mol. The topological polar surface area (TPSA) is 78.9 Å². The van der Waals surface area contributed by atoms with Gasteiger partial charge in [-0.1, -0.05) is 259 Å². The largest absolute Gasteiger partial charge is 0.462 e. The van der Waals surface area contributed by atoms with Crippen molar-refractivity contribution in [2.45, 2.75) is 284 Å². The SMILES string of the molecule is CC/C=C\C/C=C\C/C=C\C/C=C\CCCCCCCCCCCCCCCCCCC(=O)OCC(COC(=O)CCCCCCCCC)OC(=O)CCCCCC/C=C\C/C=C\C/C=C\C/C=C\CC. The maximum Gasteiger partial charge on any atom is 0.306 e. The molecular formula is C65H110O6. The molecule has 0 N–H and O–H groups in total. The van der Waals surface area contributed by atoms with E-state index in [0.717, 1.165) is 122 Å². The summed E-state index contributed by atoms with van der Waals surface area (Å²) in [6.45, 7) is 6.36. The second kappa shape index (κ2) is 58.9. The fourth-order valence-electron chi connectivity index (χ4n) is 8.19. The number of hydrogen-bond acceptors (Lipinski definition) is 6. The monoisotopic (exact) mass is 987 g/mol. The fraction of sp³-hybridized carbons (Fsp3) is 0.708. The highest BCUT2D eigenvalue weighted by molar-refractivity contribution is 5.71. The van der Waals surface area contributed by atoms with E-state index in [0.29, 0.717) is 19.3 Å². The van der Waals surface area contributed by atoms with Crippen LogP contribution in [0.1, 0.15) is 278 Å². The number of carbonyl (C=O) groups is 3. The molecule has 0 amide bonds. The first-order chi connectivity index (χ1) is 35.0. The Morgan fingerprint density at radius 2 is 0.549 bits per heavy atom. The lowest BCUT2D eigenvalue weighted by molar-refractivity contribution is -0.167. The highest BCUT2D eigenvalue weighted by atomic mass is 16.6. The van der Waals surface area contributed by atoms with Gasteiger partial charge in [-0.2, -0.15) is 0 Å². The maximum absolute atomic E-state index is 12.8. The summed E-state index contributed by atoms with van der Waals surface area (Å²) in [6.07, 6.45) is 78.6. The second-order valence-corrected chi connectivity index (χ2v) is 19.5. The lowest BCUT2D eigenvalue weighted by atomic mass is 10.0. The quantitative estimate of drug-likeness (QED) is 0.0261. The summed E-state index contributed by atoms with van der Waals surface area (Å²) in [5.41, 5.74) is 0. The van der Waals surface area contributed by atoms with Crippen LogP contribution in [-0.4, -0.2) is 37.2 Å².